The van der Waals surface area contributed by atoms with Crippen molar-refractivity contribution in [2.75, 3.05) is 6.54 Å². The second-order valence-corrected chi connectivity index (χ2v) is 4.07. The molecule has 0 aliphatic rings. The minimum atomic E-state index is 0.697. The van der Waals surface area contributed by atoms with Gasteiger partial charge < -0.3 is 5.73 Å². The van der Waals surface area contributed by atoms with Crippen molar-refractivity contribution in [3.05, 3.63) is 23.3 Å². The van der Waals surface area contributed by atoms with Crippen molar-refractivity contribution >= 4 is 0 Å². The van der Waals surface area contributed by atoms with Crippen molar-refractivity contribution in [1.29, 1.82) is 0 Å². The minimum Gasteiger partial charge on any atom is -0.327 e. The van der Waals surface area contributed by atoms with E-state index in [0.29, 0.717) is 6.54 Å². The molecule has 0 aliphatic heterocycles. The summed E-state index contributed by atoms with van der Waals surface area (Å²) in [4.78, 5) is 0. The van der Waals surface area contributed by atoms with Gasteiger partial charge >= 0.3 is 0 Å². The highest BCUT2D eigenvalue weighted by molar-refractivity contribution is 5.07. The van der Waals surface area contributed by atoms with Crippen molar-refractivity contribution < 1.29 is 0 Å². The van der Waals surface area contributed by atoms with Crippen LogP contribution in [0.15, 0.2) is 23.3 Å². The predicted molar refractivity (Wildman–Crippen MR) is 96.9 cm³/mol. The Bertz CT molecular complexity index is 145. The molecule has 0 amide bonds. The van der Waals surface area contributed by atoms with E-state index in [1.165, 1.54) is 24.0 Å². The maximum absolute atomic E-state index is 5.32. The van der Waals surface area contributed by atoms with Crippen LogP contribution >= 0.6 is 0 Å². The third-order valence-electron chi connectivity index (χ3n) is 1.49. The molecule has 2 N–H and O–H groups in total. The van der Waals surface area contributed by atoms with Gasteiger partial charge in [0.05, 0.1) is 0 Å². The van der Waals surface area contributed by atoms with Gasteiger partial charge in [0.1, 0.15) is 0 Å². The maximum Gasteiger partial charge on any atom is 0.0136 e. The Morgan fingerprint density at radius 3 is 1.00 bits per heavy atom. The molecule has 0 unspecified atom stereocenters. The first kappa shape index (κ1) is 31.0. The van der Waals surface area contributed by atoms with Gasteiger partial charge in [0.15, 0.2) is 0 Å². The summed E-state index contributed by atoms with van der Waals surface area (Å²) < 4.78 is 0. The van der Waals surface area contributed by atoms with E-state index in [2.05, 4.69) is 48.5 Å². The fourth-order valence-corrected chi connectivity index (χ4v) is 0.204. The lowest BCUT2D eigenvalue weighted by atomic mass is 10.2. The molecular formula is C18H43N. The Morgan fingerprint density at radius 2 is 1.00 bits per heavy atom. The van der Waals surface area contributed by atoms with Gasteiger partial charge in [0, 0.05) is 6.54 Å². The number of rotatable bonds is 1. The predicted octanol–water partition coefficient (Wildman–Crippen LogP) is 6.74. The van der Waals surface area contributed by atoms with Crippen LogP contribution in [-0.4, -0.2) is 6.54 Å². The third-order valence-corrected chi connectivity index (χ3v) is 1.49. The topological polar surface area (TPSA) is 26.0 Å². The number of hydrogen-bond acceptors (Lipinski definition) is 1. The largest absolute Gasteiger partial charge is 0.327 e. The Balaban J connectivity index is -0.0000000471. The van der Waals surface area contributed by atoms with E-state index in [1.807, 2.05) is 39.8 Å². The van der Waals surface area contributed by atoms with Gasteiger partial charge in [-0.3, -0.25) is 0 Å². The second kappa shape index (κ2) is 43.2. The zero-order chi connectivity index (χ0) is 16.7. The number of nitrogens with two attached hydrogens (primary N) is 1. The lowest BCUT2D eigenvalue weighted by Crippen LogP contribution is -2.00. The van der Waals surface area contributed by atoms with Crippen LogP contribution in [0.3, 0.4) is 0 Å². The van der Waals surface area contributed by atoms with Crippen molar-refractivity contribution in [3.63, 3.8) is 0 Å². The first-order chi connectivity index (χ1) is 8.92. The van der Waals surface area contributed by atoms with E-state index in [4.69, 9.17) is 5.73 Å². The smallest absolute Gasteiger partial charge is 0.0136 e. The SMILES string of the molecule is C/C=C/C.CC.CC(C)=C(C)CN.CCC.CCC. The quantitative estimate of drug-likeness (QED) is 0.526. The van der Waals surface area contributed by atoms with Crippen molar-refractivity contribution in [2.45, 2.75) is 89.0 Å². The molecule has 120 valence electrons. The van der Waals surface area contributed by atoms with Crippen LogP contribution in [0, 0.1) is 0 Å². The first-order valence-corrected chi connectivity index (χ1v) is 7.83. The van der Waals surface area contributed by atoms with Crippen molar-refractivity contribution in [1.82, 2.24) is 0 Å². The molecular weight excluding hydrogens is 230 g/mol. The van der Waals surface area contributed by atoms with Crippen LogP contribution < -0.4 is 5.73 Å². The Kier molecular flexibility index (Phi) is 70.7. The van der Waals surface area contributed by atoms with E-state index >= 15 is 0 Å². The second-order valence-electron chi connectivity index (χ2n) is 4.07. The van der Waals surface area contributed by atoms with Crippen molar-refractivity contribution in [2.24, 2.45) is 5.73 Å². The van der Waals surface area contributed by atoms with Crippen LogP contribution in [0.5, 0.6) is 0 Å². The molecule has 0 aromatic rings. The van der Waals surface area contributed by atoms with Gasteiger partial charge in [-0.15, -0.1) is 0 Å². The molecule has 0 aromatic heterocycles. The summed E-state index contributed by atoms with van der Waals surface area (Å²) in [5.74, 6) is 0. The highest BCUT2D eigenvalue weighted by atomic mass is 14.5. The van der Waals surface area contributed by atoms with Gasteiger partial charge in [0.25, 0.3) is 0 Å². The van der Waals surface area contributed by atoms with E-state index < -0.39 is 0 Å². The first-order valence-electron chi connectivity index (χ1n) is 7.83. The van der Waals surface area contributed by atoms with E-state index in [0.717, 1.165) is 0 Å². The summed E-state index contributed by atoms with van der Waals surface area (Å²) in [6, 6.07) is 0. The van der Waals surface area contributed by atoms with Gasteiger partial charge in [-0.2, -0.15) is 0 Å². The average Bonchev–Trinajstić information content (AvgIpc) is 2.42. The third kappa shape index (κ3) is 100. The van der Waals surface area contributed by atoms with Crippen LogP contribution in [0.2, 0.25) is 0 Å². The molecule has 0 aliphatic carbocycles. The summed E-state index contributed by atoms with van der Waals surface area (Å²) in [5, 5.41) is 0. The van der Waals surface area contributed by atoms with E-state index in [9.17, 15) is 0 Å². The Hall–Kier alpha value is -0.560. The summed E-state index contributed by atoms with van der Waals surface area (Å²) in [6.45, 7) is 23.4. The molecule has 0 atom stereocenters. The lowest BCUT2D eigenvalue weighted by Gasteiger charge is -1.94. The molecule has 0 fully saturated rings. The van der Waals surface area contributed by atoms with E-state index in [-0.39, 0.29) is 0 Å². The van der Waals surface area contributed by atoms with Crippen molar-refractivity contribution in [3.8, 4) is 0 Å². The molecule has 19 heavy (non-hydrogen) atoms. The fraction of sp³-hybridized carbons (Fsp3) is 0.778. The maximum atomic E-state index is 5.32. The van der Waals surface area contributed by atoms with Crippen LogP contribution in [-0.2, 0) is 0 Å². The Morgan fingerprint density at radius 1 is 0.789 bits per heavy atom. The molecule has 0 spiro atoms. The molecule has 0 rings (SSSR count). The molecule has 0 radical (unpaired) electrons. The number of allylic oxidation sites excluding steroid dienone is 3. The standard InChI is InChI=1S/C6H13N.C4H8.2C3H8.C2H6/c1-5(2)6(3)4-7;1-3-4-2;2*1-3-2;1-2/h4,7H2,1-3H3;3-4H,1-2H3;2*3H2,1-2H3;1-2H3/b;4-3+;;;. The Labute approximate surface area is 125 Å². The van der Waals surface area contributed by atoms with Crippen LogP contribution in [0.4, 0.5) is 0 Å². The minimum absolute atomic E-state index is 0.697. The fourth-order valence-electron chi connectivity index (χ4n) is 0.204. The van der Waals surface area contributed by atoms with Gasteiger partial charge in [-0.25, -0.2) is 0 Å². The van der Waals surface area contributed by atoms with Crippen LogP contribution in [0.25, 0.3) is 0 Å². The summed E-state index contributed by atoms with van der Waals surface area (Å²) in [7, 11) is 0. The average molecular weight is 274 g/mol. The monoisotopic (exact) mass is 273 g/mol. The zero-order valence-electron chi connectivity index (χ0n) is 15.9. The molecule has 0 saturated heterocycles. The normalized spacial score (nSPS) is 7.37. The molecule has 1 heteroatoms. The molecule has 0 bridgehead atoms. The summed E-state index contributed by atoms with van der Waals surface area (Å²) >= 11 is 0. The molecule has 0 saturated carbocycles. The highest BCUT2D eigenvalue weighted by Crippen LogP contribution is 1.96. The lowest BCUT2D eigenvalue weighted by molar-refractivity contribution is 1.09. The zero-order valence-corrected chi connectivity index (χ0v) is 15.9. The summed E-state index contributed by atoms with van der Waals surface area (Å²) in [6.07, 6.45) is 6.50. The number of hydrogen-bond donors (Lipinski definition) is 1. The van der Waals surface area contributed by atoms with Gasteiger partial charge in [-0.1, -0.05) is 77.7 Å². The molecule has 0 aromatic carbocycles. The summed E-state index contributed by atoms with van der Waals surface area (Å²) in [5.41, 5.74) is 7.94. The van der Waals surface area contributed by atoms with Gasteiger partial charge in [0.2, 0.25) is 0 Å². The molecule has 1 nitrogen and oxygen atoms in total. The molecule has 0 heterocycles. The highest BCUT2D eigenvalue weighted by Gasteiger charge is 1.83. The van der Waals surface area contributed by atoms with Crippen LogP contribution in [0.1, 0.15) is 89.0 Å². The van der Waals surface area contributed by atoms with Gasteiger partial charge in [-0.05, 0) is 34.6 Å². The van der Waals surface area contributed by atoms with E-state index in [1.54, 1.807) is 0 Å².